The maximum atomic E-state index is 4.48. The molecule has 0 atom stereocenters. The lowest BCUT2D eigenvalue weighted by molar-refractivity contribution is 0.475. The summed E-state index contributed by atoms with van der Waals surface area (Å²) in [5.74, 6) is 0.726. The van der Waals surface area contributed by atoms with Crippen LogP contribution in [0.5, 0.6) is 0 Å². The number of aryl methyl sites for hydroxylation is 1. The summed E-state index contributed by atoms with van der Waals surface area (Å²) in [6.07, 6.45) is 3.04. The number of anilines is 1. The summed E-state index contributed by atoms with van der Waals surface area (Å²) >= 11 is 3.70. The number of aromatic amines is 1. The molecule has 0 amide bonds. The molecule has 1 aromatic heterocycles. The van der Waals surface area contributed by atoms with E-state index in [1.807, 2.05) is 25.1 Å². The molecule has 30 heavy (non-hydrogen) atoms. The number of rotatable bonds is 8. The molecule has 0 saturated heterocycles. The summed E-state index contributed by atoms with van der Waals surface area (Å²) in [6.45, 7) is 12.7. The van der Waals surface area contributed by atoms with Gasteiger partial charge in [0.2, 0.25) is 0 Å². The van der Waals surface area contributed by atoms with E-state index < -0.39 is 0 Å². The maximum absolute atomic E-state index is 4.48. The Kier molecular flexibility index (Phi) is 6.83. The zero-order valence-corrected chi connectivity index (χ0v) is 19.6. The van der Waals surface area contributed by atoms with Crippen LogP contribution in [-0.2, 0) is 12.0 Å². The third-order valence-corrected chi connectivity index (χ3v) is 5.97. The van der Waals surface area contributed by atoms with Crippen molar-refractivity contribution in [3.8, 4) is 0 Å². The highest BCUT2D eigenvalue weighted by molar-refractivity contribution is 9.10. The predicted octanol–water partition coefficient (Wildman–Crippen LogP) is 6.70. The first-order valence-electron chi connectivity index (χ1n) is 10.2. The number of hydrogen-bond acceptors (Lipinski definition) is 3. The molecule has 3 N–H and O–H groups in total. The Bertz CT molecular complexity index is 1050. The van der Waals surface area contributed by atoms with E-state index in [2.05, 4.69) is 107 Å². The zero-order valence-electron chi connectivity index (χ0n) is 18.0. The van der Waals surface area contributed by atoms with Gasteiger partial charge in [0.05, 0.1) is 21.4 Å². The number of nitrogens with one attached hydrogen (secondary N) is 3. The Balaban J connectivity index is 1.81. The predicted molar refractivity (Wildman–Crippen MR) is 131 cm³/mol. The van der Waals surface area contributed by atoms with Gasteiger partial charge >= 0.3 is 0 Å². The fourth-order valence-electron chi connectivity index (χ4n) is 3.49. The summed E-state index contributed by atoms with van der Waals surface area (Å²) in [7, 11) is 0. The number of hydrogen-bond donors (Lipinski definition) is 3. The van der Waals surface area contributed by atoms with E-state index in [1.54, 1.807) is 0 Å². The van der Waals surface area contributed by atoms with Crippen LogP contribution in [0.3, 0.4) is 0 Å². The Hall–Kier alpha value is -2.79. The lowest BCUT2D eigenvalue weighted by Gasteiger charge is -2.29. The third-order valence-electron chi connectivity index (χ3n) is 5.20. The van der Waals surface area contributed by atoms with E-state index in [4.69, 9.17) is 0 Å². The Morgan fingerprint density at radius 1 is 1.13 bits per heavy atom. The van der Waals surface area contributed by atoms with Crippen LogP contribution < -0.4 is 10.6 Å². The number of allylic oxidation sites excluding steroid dienone is 1. The van der Waals surface area contributed by atoms with Crippen LogP contribution >= 0.6 is 15.9 Å². The van der Waals surface area contributed by atoms with Crippen molar-refractivity contribution in [2.75, 3.05) is 5.32 Å². The van der Waals surface area contributed by atoms with E-state index >= 15 is 0 Å². The van der Waals surface area contributed by atoms with Crippen molar-refractivity contribution in [1.82, 2.24) is 15.5 Å². The fraction of sp³-hybridized carbons (Fsp3) is 0.240. The quantitative estimate of drug-likeness (QED) is 0.347. The molecule has 0 bridgehead atoms. The van der Waals surface area contributed by atoms with Gasteiger partial charge in [0.15, 0.2) is 5.82 Å². The molecular formula is C25H29BrN4. The first-order valence-corrected chi connectivity index (χ1v) is 10.9. The first-order chi connectivity index (χ1) is 14.4. The van der Waals surface area contributed by atoms with Crippen molar-refractivity contribution in [2.45, 2.75) is 39.7 Å². The molecule has 3 aromatic rings. The first kappa shape index (κ1) is 21.9. The molecule has 4 nitrogen and oxygen atoms in total. The van der Waals surface area contributed by atoms with E-state index in [-0.39, 0.29) is 5.54 Å². The van der Waals surface area contributed by atoms with Gasteiger partial charge in [0, 0.05) is 11.3 Å². The monoisotopic (exact) mass is 464 g/mol. The molecule has 0 aliphatic heterocycles. The minimum atomic E-state index is -0.273. The van der Waals surface area contributed by atoms with Gasteiger partial charge in [-0.05, 0) is 54.2 Å². The minimum absolute atomic E-state index is 0.273. The van der Waals surface area contributed by atoms with Gasteiger partial charge in [-0.15, -0.1) is 0 Å². The van der Waals surface area contributed by atoms with Crippen molar-refractivity contribution in [2.24, 2.45) is 0 Å². The normalized spacial score (nSPS) is 12.0. The molecule has 5 heteroatoms. The molecule has 0 saturated carbocycles. The lowest BCUT2D eigenvalue weighted by Crippen LogP contribution is -2.35. The second kappa shape index (κ2) is 9.35. The number of aromatic nitrogens is 2. The molecule has 0 radical (unpaired) electrons. The summed E-state index contributed by atoms with van der Waals surface area (Å²) < 4.78 is 0.845. The average Bonchev–Trinajstić information content (AvgIpc) is 3.12. The molecule has 0 spiro atoms. The highest BCUT2D eigenvalue weighted by atomic mass is 79.9. The Morgan fingerprint density at radius 3 is 2.47 bits per heavy atom. The minimum Gasteiger partial charge on any atom is -0.375 e. The number of halogens is 1. The summed E-state index contributed by atoms with van der Waals surface area (Å²) in [5, 5.41) is 14.6. The molecule has 156 valence electrons. The summed E-state index contributed by atoms with van der Waals surface area (Å²) in [6, 6.07) is 18.7. The largest absolute Gasteiger partial charge is 0.375 e. The van der Waals surface area contributed by atoms with Crippen LogP contribution in [0.1, 0.15) is 50.1 Å². The van der Waals surface area contributed by atoms with Gasteiger partial charge in [-0.25, -0.2) is 0 Å². The highest BCUT2D eigenvalue weighted by Crippen LogP contribution is 2.32. The molecule has 0 fully saturated rings. The van der Waals surface area contributed by atoms with Crippen molar-refractivity contribution in [1.29, 1.82) is 0 Å². The molecule has 0 aliphatic rings. The molecular weight excluding hydrogens is 436 g/mol. The number of benzene rings is 2. The Labute approximate surface area is 187 Å². The number of nitrogens with zero attached hydrogens (tertiary/aromatic N) is 1. The second-order valence-electron chi connectivity index (χ2n) is 7.69. The average molecular weight is 465 g/mol. The van der Waals surface area contributed by atoms with E-state index in [0.29, 0.717) is 0 Å². The van der Waals surface area contributed by atoms with Crippen molar-refractivity contribution in [3.63, 3.8) is 0 Å². The number of H-pyrrole nitrogens is 1. The van der Waals surface area contributed by atoms with Crippen molar-refractivity contribution in [3.05, 3.63) is 94.1 Å². The molecule has 0 aliphatic carbocycles. The van der Waals surface area contributed by atoms with Crippen LogP contribution in [0.15, 0.2) is 71.7 Å². The zero-order chi connectivity index (χ0) is 21.7. The second-order valence-corrected chi connectivity index (χ2v) is 8.49. The van der Waals surface area contributed by atoms with Gasteiger partial charge < -0.3 is 10.6 Å². The van der Waals surface area contributed by atoms with Crippen LogP contribution in [0.2, 0.25) is 0 Å². The van der Waals surface area contributed by atoms with Gasteiger partial charge in [-0.3, -0.25) is 5.10 Å². The van der Waals surface area contributed by atoms with Gasteiger partial charge in [0.25, 0.3) is 0 Å². The smallest absolute Gasteiger partial charge is 0.167 e. The summed E-state index contributed by atoms with van der Waals surface area (Å²) in [4.78, 5) is 0. The van der Waals surface area contributed by atoms with Crippen LogP contribution in [0, 0.1) is 0 Å². The fourth-order valence-corrected chi connectivity index (χ4v) is 4.01. The van der Waals surface area contributed by atoms with Gasteiger partial charge in [0.1, 0.15) is 0 Å². The van der Waals surface area contributed by atoms with E-state index in [0.717, 1.165) is 33.8 Å². The van der Waals surface area contributed by atoms with Gasteiger partial charge in [-0.1, -0.05) is 74.2 Å². The van der Waals surface area contributed by atoms with Crippen molar-refractivity contribution < 1.29 is 0 Å². The standard InChI is InChI=1S/C25H29BrN4/c1-6-18-13-11-12-16-20(18)21(7-2)27-24-22(26)23(29-30-24)17(3)28-25(4,5)19-14-9-8-10-15-19/h7-16,28H,3,6H2,1-2,4-5H3,(H2,27,29,30)/b21-7+. The van der Waals surface area contributed by atoms with Crippen LogP contribution in [0.4, 0.5) is 5.82 Å². The molecule has 2 aromatic carbocycles. The lowest BCUT2D eigenvalue weighted by atomic mass is 9.94. The topological polar surface area (TPSA) is 52.7 Å². The van der Waals surface area contributed by atoms with E-state index in [1.165, 1.54) is 16.7 Å². The van der Waals surface area contributed by atoms with Gasteiger partial charge in [-0.2, -0.15) is 5.10 Å². The molecule has 0 unspecified atom stereocenters. The van der Waals surface area contributed by atoms with Crippen LogP contribution in [-0.4, -0.2) is 10.2 Å². The maximum Gasteiger partial charge on any atom is 0.167 e. The molecule has 3 rings (SSSR count). The van der Waals surface area contributed by atoms with E-state index in [9.17, 15) is 0 Å². The molecule has 1 heterocycles. The van der Waals surface area contributed by atoms with Crippen molar-refractivity contribution >= 4 is 33.1 Å². The SMILES string of the molecule is C=C(NC(C)(C)c1ccccc1)c1[nH]nc(N/C(=C/C)c2ccccc2CC)c1Br. The summed E-state index contributed by atoms with van der Waals surface area (Å²) in [5.41, 5.74) is 6.00. The van der Waals surface area contributed by atoms with Crippen LogP contribution in [0.25, 0.3) is 11.4 Å². The highest BCUT2D eigenvalue weighted by Gasteiger charge is 2.23. The third kappa shape index (κ3) is 4.68. The Morgan fingerprint density at radius 2 is 1.80 bits per heavy atom.